The van der Waals surface area contributed by atoms with Gasteiger partial charge in [-0.1, -0.05) is 26.0 Å². The van der Waals surface area contributed by atoms with Gasteiger partial charge in [0.2, 0.25) is 5.91 Å². The van der Waals surface area contributed by atoms with Crippen molar-refractivity contribution in [2.45, 2.75) is 39.2 Å². The van der Waals surface area contributed by atoms with Crippen molar-refractivity contribution >= 4 is 5.91 Å². The predicted molar refractivity (Wildman–Crippen MR) is 75.3 cm³/mol. The number of alkyl halides is 3. The van der Waals surface area contributed by atoms with Crippen molar-refractivity contribution in [3.8, 4) is 5.75 Å². The Morgan fingerprint density at radius 2 is 2.00 bits per heavy atom. The number of nitrogens with one attached hydrogen (secondary N) is 1. The number of hydrogen-bond acceptors (Lipinski definition) is 3. The average molecular weight is 319 g/mol. The molecule has 1 aromatic rings. The molecule has 0 aliphatic heterocycles. The quantitative estimate of drug-likeness (QED) is 0.847. The number of halogens is 3. The molecule has 22 heavy (non-hydrogen) atoms. The zero-order valence-corrected chi connectivity index (χ0v) is 12.7. The summed E-state index contributed by atoms with van der Waals surface area (Å²) in [6.45, 7) is 5.33. The van der Waals surface area contributed by atoms with Gasteiger partial charge in [0, 0.05) is 6.54 Å². The van der Waals surface area contributed by atoms with Crippen LogP contribution in [0.3, 0.4) is 0 Å². The third-order valence-electron chi connectivity index (χ3n) is 3.38. The maximum atomic E-state index is 12.1. The molecular weight excluding hydrogens is 299 g/mol. The normalized spacial score (nSPS) is 14.5. The van der Waals surface area contributed by atoms with Gasteiger partial charge in [0.25, 0.3) is 0 Å². The van der Waals surface area contributed by atoms with Gasteiger partial charge < -0.3 is 15.2 Å². The molecule has 1 amide bonds. The van der Waals surface area contributed by atoms with Crippen molar-refractivity contribution in [3.05, 3.63) is 29.8 Å². The molecule has 1 rings (SSSR count). The summed E-state index contributed by atoms with van der Waals surface area (Å²) in [6, 6.07) is 5.24. The molecule has 0 spiro atoms. The Morgan fingerprint density at radius 3 is 2.55 bits per heavy atom. The minimum Gasteiger partial charge on any atom is -0.406 e. The van der Waals surface area contributed by atoms with Crippen LogP contribution >= 0.6 is 0 Å². The molecule has 0 fully saturated rings. The summed E-state index contributed by atoms with van der Waals surface area (Å²) in [6.07, 6.45) is -4.86. The molecule has 7 heteroatoms. The Labute approximate surface area is 127 Å². The van der Waals surface area contributed by atoms with E-state index in [1.54, 1.807) is 6.92 Å². The first-order valence-electron chi connectivity index (χ1n) is 6.83. The van der Waals surface area contributed by atoms with Crippen LogP contribution in [0, 0.1) is 5.92 Å². The first-order valence-corrected chi connectivity index (χ1v) is 6.83. The molecule has 4 nitrogen and oxygen atoms in total. The van der Waals surface area contributed by atoms with Gasteiger partial charge in [-0.05, 0) is 30.5 Å². The highest BCUT2D eigenvalue weighted by Crippen LogP contribution is 2.23. The molecule has 1 aromatic carbocycles. The van der Waals surface area contributed by atoms with Crippen LogP contribution in [0.4, 0.5) is 13.2 Å². The largest absolute Gasteiger partial charge is 0.573 e. The summed E-state index contributed by atoms with van der Waals surface area (Å²) in [5.41, 5.74) is -0.653. The molecule has 0 radical (unpaired) electrons. The van der Waals surface area contributed by atoms with Crippen LogP contribution in [-0.2, 0) is 11.2 Å². The standard InChI is InChI=1S/C15H20F3NO3/c1-10(2)14(3,21)9-19-13(20)8-11-5-4-6-12(7-11)22-15(16,17)18/h4-7,10,21H,8-9H2,1-3H3,(H,19,20). The lowest BCUT2D eigenvalue weighted by molar-refractivity contribution is -0.274. The smallest absolute Gasteiger partial charge is 0.406 e. The van der Waals surface area contributed by atoms with Gasteiger partial charge in [0.1, 0.15) is 5.75 Å². The van der Waals surface area contributed by atoms with E-state index in [4.69, 9.17) is 0 Å². The Balaban J connectivity index is 2.60. The molecule has 0 aliphatic carbocycles. The number of rotatable bonds is 6. The van der Waals surface area contributed by atoms with Crippen LogP contribution in [0.2, 0.25) is 0 Å². The fourth-order valence-corrected chi connectivity index (χ4v) is 1.58. The Kier molecular flexibility index (Phi) is 5.82. The predicted octanol–water partition coefficient (Wildman–Crippen LogP) is 2.65. The molecule has 2 N–H and O–H groups in total. The Hall–Kier alpha value is -1.76. The lowest BCUT2D eigenvalue weighted by Gasteiger charge is -2.27. The third kappa shape index (κ3) is 6.34. The summed E-state index contributed by atoms with van der Waals surface area (Å²) in [5.74, 6) is -0.798. The maximum absolute atomic E-state index is 12.1. The monoisotopic (exact) mass is 319 g/mol. The number of ether oxygens (including phenoxy) is 1. The molecule has 1 atom stereocenters. The van der Waals surface area contributed by atoms with Crippen LogP contribution in [-0.4, -0.2) is 29.5 Å². The Morgan fingerprint density at radius 1 is 1.36 bits per heavy atom. The van der Waals surface area contributed by atoms with Crippen LogP contribution in [0.5, 0.6) is 5.75 Å². The molecule has 0 bridgehead atoms. The van der Waals surface area contributed by atoms with Gasteiger partial charge in [0.05, 0.1) is 12.0 Å². The minimum atomic E-state index is -4.77. The number of amides is 1. The van der Waals surface area contributed by atoms with E-state index in [2.05, 4.69) is 10.1 Å². The molecule has 0 aromatic heterocycles. The molecule has 124 valence electrons. The minimum absolute atomic E-state index is 0.0451. The molecule has 0 aliphatic rings. The van der Waals surface area contributed by atoms with Gasteiger partial charge in [-0.15, -0.1) is 13.2 Å². The second-order valence-corrected chi connectivity index (χ2v) is 5.66. The SMILES string of the molecule is CC(C)C(C)(O)CNC(=O)Cc1cccc(OC(F)(F)F)c1. The lowest BCUT2D eigenvalue weighted by Crippen LogP contribution is -2.44. The van der Waals surface area contributed by atoms with Crippen molar-refractivity contribution in [3.63, 3.8) is 0 Å². The summed E-state index contributed by atoms with van der Waals surface area (Å²) in [7, 11) is 0. The van der Waals surface area contributed by atoms with Gasteiger partial charge in [-0.25, -0.2) is 0 Å². The van der Waals surface area contributed by atoms with Crippen molar-refractivity contribution in [1.29, 1.82) is 0 Å². The van der Waals surface area contributed by atoms with Gasteiger partial charge in [0.15, 0.2) is 0 Å². The number of carbonyl (C=O) groups is 1. The topological polar surface area (TPSA) is 58.6 Å². The molecule has 0 heterocycles. The van der Waals surface area contributed by atoms with Gasteiger partial charge >= 0.3 is 6.36 Å². The van der Waals surface area contributed by atoms with E-state index in [1.807, 2.05) is 13.8 Å². The second kappa shape index (κ2) is 7.00. The van der Waals surface area contributed by atoms with E-state index in [9.17, 15) is 23.1 Å². The second-order valence-electron chi connectivity index (χ2n) is 5.66. The van der Waals surface area contributed by atoms with Gasteiger partial charge in [-0.3, -0.25) is 4.79 Å². The van der Waals surface area contributed by atoms with E-state index in [0.717, 1.165) is 6.07 Å². The molecule has 0 saturated heterocycles. The highest BCUT2D eigenvalue weighted by molar-refractivity contribution is 5.78. The average Bonchev–Trinajstić information content (AvgIpc) is 2.34. The van der Waals surface area contributed by atoms with E-state index in [0.29, 0.717) is 5.56 Å². The lowest BCUT2D eigenvalue weighted by atomic mass is 9.92. The van der Waals surface area contributed by atoms with E-state index in [-0.39, 0.29) is 30.5 Å². The summed E-state index contributed by atoms with van der Waals surface area (Å²) in [4.78, 5) is 11.8. The van der Waals surface area contributed by atoms with E-state index >= 15 is 0 Å². The van der Waals surface area contributed by atoms with E-state index < -0.39 is 12.0 Å². The third-order valence-corrected chi connectivity index (χ3v) is 3.38. The molecule has 1 unspecified atom stereocenters. The summed E-state index contributed by atoms with van der Waals surface area (Å²) < 4.78 is 40.2. The number of carbonyl (C=O) groups excluding carboxylic acids is 1. The van der Waals surface area contributed by atoms with Crippen molar-refractivity contribution < 1.29 is 27.8 Å². The van der Waals surface area contributed by atoms with E-state index in [1.165, 1.54) is 18.2 Å². The molecular formula is C15H20F3NO3. The summed E-state index contributed by atoms with van der Waals surface area (Å²) in [5, 5.41) is 12.6. The first kappa shape index (κ1) is 18.3. The van der Waals surface area contributed by atoms with Crippen molar-refractivity contribution in [1.82, 2.24) is 5.32 Å². The van der Waals surface area contributed by atoms with Crippen LogP contribution in [0.15, 0.2) is 24.3 Å². The number of hydrogen-bond donors (Lipinski definition) is 2. The van der Waals surface area contributed by atoms with Crippen LogP contribution in [0.1, 0.15) is 26.3 Å². The zero-order valence-electron chi connectivity index (χ0n) is 12.7. The maximum Gasteiger partial charge on any atom is 0.573 e. The zero-order chi connectivity index (χ0) is 17.0. The number of benzene rings is 1. The highest BCUT2D eigenvalue weighted by Gasteiger charge is 2.31. The van der Waals surface area contributed by atoms with Gasteiger partial charge in [-0.2, -0.15) is 0 Å². The number of aliphatic hydroxyl groups is 1. The first-order chi connectivity index (χ1) is 9.99. The van der Waals surface area contributed by atoms with Crippen LogP contribution in [0.25, 0.3) is 0 Å². The van der Waals surface area contributed by atoms with Crippen molar-refractivity contribution in [2.24, 2.45) is 5.92 Å². The fraction of sp³-hybridized carbons (Fsp3) is 0.533. The van der Waals surface area contributed by atoms with Crippen LogP contribution < -0.4 is 10.1 Å². The fourth-order valence-electron chi connectivity index (χ4n) is 1.58. The summed E-state index contributed by atoms with van der Waals surface area (Å²) >= 11 is 0. The molecule has 0 saturated carbocycles. The van der Waals surface area contributed by atoms with Crippen molar-refractivity contribution in [2.75, 3.05) is 6.54 Å². The Bertz CT molecular complexity index is 513. The highest BCUT2D eigenvalue weighted by atomic mass is 19.4.